The molecule has 20 heavy (non-hydrogen) atoms. The average Bonchev–Trinajstić information content (AvgIpc) is 2.71. The predicted molar refractivity (Wildman–Crippen MR) is 76.2 cm³/mol. The van der Waals surface area contributed by atoms with Gasteiger partial charge in [-0.15, -0.1) is 5.10 Å². The molecule has 7 heteroatoms. The number of alkyl carbamates (subject to hydrolysis) is 1. The predicted octanol–water partition coefficient (Wildman–Crippen LogP) is 1.21. The second-order valence-corrected chi connectivity index (χ2v) is 5.73. The molecule has 1 aromatic rings. The lowest BCUT2D eigenvalue weighted by molar-refractivity contribution is 0.0502. The van der Waals surface area contributed by atoms with Crippen LogP contribution in [0.15, 0.2) is 6.20 Å². The number of carbonyl (C=O) groups is 1. The molecule has 1 amide bonds. The fourth-order valence-corrected chi connectivity index (χ4v) is 1.62. The Bertz CT molecular complexity index is 425. The highest BCUT2D eigenvalue weighted by atomic mass is 16.6. The normalized spacial score (nSPS) is 13.1. The van der Waals surface area contributed by atoms with Gasteiger partial charge in [-0.1, -0.05) is 12.1 Å². The first kappa shape index (κ1) is 16.4. The van der Waals surface area contributed by atoms with E-state index in [0.717, 1.165) is 12.1 Å². The number of hydrogen-bond acceptors (Lipinski definition) is 5. The van der Waals surface area contributed by atoms with Gasteiger partial charge in [0.2, 0.25) is 0 Å². The molecule has 1 rings (SSSR count). The van der Waals surface area contributed by atoms with Crippen molar-refractivity contribution in [2.24, 2.45) is 7.05 Å². The van der Waals surface area contributed by atoms with Crippen LogP contribution >= 0.6 is 0 Å². The lowest BCUT2D eigenvalue weighted by Crippen LogP contribution is -2.43. The Morgan fingerprint density at radius 2 is 2.20 bits per heavy atom. The fourth-order valence-electron chi connectivity index (χ4n) is 1.62. The second kappa shape index (κ2) is 7.23. The number of hydrogen-bond donors (Lipinski definition) is 2. The minimum atomic E-state index is -0.476. The minimum Gasteiger partial charge on any atom is -0.444 e. The van der Waals surface area contributed by atoms with Gasteiger partial charge in [-0.25, -0.2) is 4.79 Å². The quantitative estimate of drug-likeness (QED) is 0.820. The number of rotatable bonds is 6. The molecule has 1 aromatic heterocycles. The van der Waals surface area contributed by atoms with E-state index in [1.54, 1.807) is 10.9 Å². The molecule has 1 atom stereocenters. The molecule has 0 aromatic carbocycles. The summed E-state index contributed by atoms with van der Waals surface area (Å²) in [6, 6.07) is 0.0334. The van der Waals surface area contributed by atoms with Crippen molar-refractivity contribution in [3.63, 3.8) is 0 Å². The lowest BCUT2D eigenvalue weighted by atomic mass is 10.2. The summed E-state index contributed by atoms with van der Waals surface area (Å²) < 4.78 is 6.96. The molecule has 0 aliphatic heterocycles. The van der Waals surface area contributed by atoms with Crippen molar-refractivity contribution in [3.8, 4) is 0 Å². The van der Waals surface area contributed by atoms with Crippen LogP contribution in [-0.2, 0) is 18.3 Å². The van der Waals surface area contributed by atoms with Gasteiger partial charge < -0.3 is 15.4 Å². The molecule has 0 spiro atoms. The highest BCUT2D eigenvalue weighted by Crippen LogP contribution is 2.07. The Labute approximate surface area is 120 Å². The molecule has 1 heterocycles. The molecule has 0 radical (unpaired) electrons. The highest BCUT2D eigenvalue weighted by molar-refractivity contribution is 5.68. The highest BCUT2D eigenvalue weighted by Gasteiger charge is 2.18. The Balaban J connectivity index is 2.32. The van der Waals surface area contributed by atoms with Crippen molar-refractivity contribution in [2.45, 2.75) is 52.3 Å². The monoisotopic (exact) mass is 283 g/mol. The number of nitrogens with one attached hydrogen (secondary N) is 2. The molecular weight excluding hydrogens is 258 g/mol. The largest absolute Gasteiger partial charge is 0.444 e. The second-order valence-electron chi connectivity index (χ2n) is 5.73. The number of nitrogens with zero attached hydrogens (tertiary/aromatic N) is 3. The van der Waals surface area contributed by atoms with Gasteiger partial charge >= 0.3 is 6.09 Å². The first-order chi connectivity index (χ1) is 9.31. The van der Waals surface area contributed by atoms with Gasteiger partial charge in [0, 0.05) is 26.2 Å². The number of aryl methyl sites for hydroxylation is 1. The topological polar surface area (TPSA) is 81.1 Å². The summed E-state index contributed by atoms with van der Waals surface area (Å²) in [7, 11) is 1.85. The van der Waals surface area contributed by atoms with E-state index in [2.05, 4.69) is 20.9 Å². The van der Waals surface area contributed by atoms with Crippen molar-refractivity contribution in [2.75, 3.05) is 6.54 Å². The molecule has 7 nitrogen and oxygen atoms in total. The molecule has 0 saturated carbocycles. The van der Waals surface area contributed by atoms with Crippen LogP contribution in [0.25, 0.3) is 0 Å². The number of carbonyl (C=O) groups excluding carboxylic acids is 1. The van der Waals surface area contributed by atoms with Crippen molar-refractivity contribution in [3.05, 3.63) is 11.9 Å². The van der Waals surface area contributed by atoms with Gasteiger partial charge in [0.05, 0.1) is 11.9 Å². The maximum atomic E-state index is 11.7. The molecule has 0 bridgehead atoms. The number of ether oxygens (including phenoxy) is 1. The molecule has 1 unspecified atom stereocenters. The van der Waals surface area contributed by atoms with Crippen molar-refractivity contribution in [1.82, 2.24) is 25.6 Å². The van der Waals surface area contributed by atoms with Gasteiger partial charge in [0.1, 0.15) is 5.60 Å². The van der Waals surface area contributed by atoms with Crippen LogP contribution in [0.1, 0.15) is 39.8 Å². The summed E-state index contributed by atoms with van der Waals surface area (Å²) in [5, 5.41) is 13.8. The summed E-state index contributed by atoms with van der Waals surface area (Å²) in [5.41, 5.74) is 0.521. The van der Waals surface area contributed by atoms with Crippen LogP contribution < -0.4 is 10.6 Å². The molecule has 2 N–H and O–H groups in total. The zero-order valence-electron chi connectivity index (χ0n) is 12.9. The van der Waals surface area contributed by atoms with Gasteiger partial charge in [-0.3, -0.25) is 4.68 Å². The smallest absolute Gasteiger partial charge is 0.407 e. The van der Waals surface area contributed by atoms with E-state index in [1.165, 1.54) is 0 Å². The Kier molecular flexibility index (Phi) is 5.94. The number of aromatic nitrogens is 3. The van der Waals surface area contributed by atoms with Crippen molar-refractivity contribution < 1.29 is 9.53 Å². The molecule has 0 fully saturated rings. The summed E-state index contributed by atoms with van der Waals surface area (Å²) in [6.07, 6.45) is 2.17. The maximum Gasteiger partial charge on any atom is 0.407 e. The molecule has 0 saturated heterocycles. The van der Waals surface area contributed by atoms with Crippen LogP contribution in [0.4, 0.5) is 4.79 Å². The van der Waals surface area contributed by atoms with E-state index in [0.29, 0.717) is 13.1 Å². The van der Waals surface area contributed by atoms with E-state index in [4.69, 9.17) is 4.74 Å². The Morgan fingerprint density at radius 3 is 2.70 bits per heavy atom. The van der Waals surface area contributed by atoms with Crippen LogP contribution in [-0.4, -0.2) is 39.3 Å². The molecule has 0 aliphatic carbocycles. The average molecular weight is 283 g/mol. The van der Waals surface area contributed by atoms with Crippen LogP contribution in [0.2, 0.25) is 0 Å². The van der Waals surface area contributed by atoms with Gasteiger partial charge in [0.15, 0.2) is 0 Å². The standard InChI is InChI=1S/C13H25N5O2/c1-6-10(16-12(19)20-13(2,3)4)7-14-8-11-9-15-17-18(11)5/h9-10,14H,6-8H2,1-5H3,(H,16,19). The van der Waals surface area contributed by atoms with Gasteiger partial charge in [-0.05, 0) is 27.2 Å². The van der Waals surface area contributed by atoms with Crippen molar-refractivity contribution in [1.29, 1.82) is 0 Å². The third-order valence-electron chi connectivity index (χ3n) is 2.72. The van der Waals surface area contributed by atoms with E-state index >= 15 is 0 Å². The van der Waals surface area contributed by atoms with Crippen LogP contribution in [0, 0.1) is 0 Å². The third kappa shape index (κ3) is 6.01. The zero-order chi connectivity index (χ0) is 15.2. The SMILES string of the molecule is CCC(CNCc1cnnn1C)NC(=O)OC(C)(C)C. The van der Waals surface area contributed by atoms with Gasteiger partial charge in [0.25, 0.3) is 0 Å². The van der Waals surface area contributed by atoms with E-state index in [9.17, 15) is 4.79 Å². The van der Waals surface area contributed by atoms with E-state index < -0.39 is 5.60 Å². The summed E-state index contributed by atoms with van der Waals surface area (Å²) in [5.74, 6) is 0. The van der Waals surface area contributed by atoms with Gasteiger partial charge in [-0.2, -0.15) is 0 Å². The van der Waals surface area contributed by atoms with E-state index in [-0.39, 0.29) is 12.1 Å². The first-order valence-electron chi connectivity index (χ1n) is 6.85. The Morgan fingerprint density at radius 1 is 1.50 bits per heavy atom. The van der Waals surface area contributed by atoms with Crippen LogP contribution in [0.5, 0.6) is 0 Å². The Hall–Kier alpha value is -1.63. The third-order valence-corrected chi connectivity index (χ3v) is 2.72. The summed E-state index contributed by atoms with van der Waals surface area (Å²) in [4.78, 5) is 11.7. The summed E-state index contributed by atoms with van der Waals surface area (Å²) >= 11 is 0. The van der Waals surface area contributed by atoms with E-state index in [1.807, 2.05) is 34.7 Å². The van der Waals surface area contributed by atoms with Crippen LogP contribution in [0.3, 0.4) is 0 Å². The minimum absolute atomic E-state index is 0.0334. The number of amides is 1. The van der Waals surface area contributed by atoms with Crippen molar-refractivity contribution >= 4 is 6.09 Å². The maximum absolute atomic E-state index is 11.7. The molecule has 114 valence electrons. The lowest BCUT2D eigenvalue weighted by Gasteiger charge is -2.23. The molecular formula is C13H25N5O2. The molecule has 0 aliphatic rings. The fraction of sp³-hybridized carbons (Fsp3) is 0.769. The zero-order valence-corrected chi connectivity index (χ0v) is 12.9. The summed E-state index contributed by atoms with van der Waals surface area (Å²) in [6.45, 7) is 8.90. The first-order valence-corrected chi connectivity index (χ1v) is 6.85.